The first-order valence-corrected chi connectivity index (χ1v) is 6.10. The monoisotopic (exact) mass is 226 g/mol. The third-order valence-corrected chi connectivity index (χ3v) is 4.02. The van der Waals surface area contributed by atoms with Crippen molar-refractivity contribution in [2.75, 3.05) is 13.1 Å². The van der Waals surface area contributed by atoms with Gasteiger partial charge in [-0.1, -0.05) is 0 Å². The van der Waals surface area contributed by atoms with Gasteiger partial charge in [-0.15, -0.1) is 0 Å². The van der Waals surface area contributed by atoms with Gasteiger partial charge in [-0.3, -0.25) is 4.90 Å². The molecule has 1 amide bonds. The van der Waals surface area contributed by atoms with Gasteiger partial charge in [0, 0.05) is 18.6 Å². The minimum atomic E-state index is -0.297. The highest BCUT2D eigenvalue weighted by molar-refractivity contribution is 5.69. The van der Waals surface area contributed by atoms with Crippen molar-refractivity contribution in [1.29, 1.82) is 0 Å². The molecule has 2 bridgehead atoms. The van der Waals surface area contributed by atoms with Gasteiger partial charge in [0.2, 0.25) is 0 Å². The predicted molar refractivity (Wildman–Crippen MR) is 57.0 cm³/mol. The average Bonchev–Trinajstić information content (AvgIpc) is 2.72. The molecule has 0 spiro atoms. The molecule has 3 rings (SSSR count). The van der Waals surface area contributed by atoms with E-state index in [4.69, 9.17) is 4.74 Å². The van der Waals surface area contributed by atoms with Gasteiger partial charge in [-0.25, -0.2) is 4.79 Å². The second-order valence-corrected chi connectivity index (χ2v) is 5.12. The number of nitrogens with one attached hydrogen (secondary N) is 1. The van der Waals surface area contributed by atoms with E-state index in [0.717, 1.165) is 19.4 Å². The number of hydrogen-bond donors (Lipinski definition) is 2. The number of amides is 1. The third kappa shape index (κ3) is 1.78. The van der Waals surface area contributed by atoms with E-state index in [2.05, 4.69) is 10.2 Å². The molecular weight excluding hydrogens is 208 g/mol. The summed E-state index contributed by atoms with van der Waals surface area (Å²) in [6, 6.07) is 0.987. The van der Waals surface area contributed by atoms with Gasteiger partial charge in [0.25, 0.3) is 0 Å². The van der Waals surface area contributed by atoms with Crippen molar-refractivity contribution in [2.24, 2.45) is 0 Å². The summed E-state index contributed by atoms with van der Waals surface area (Å²) < 4.78 is 5.16. The Balaban J connectivity index is 1.61. The van der Waals surface area contributed by atoms with E-state index < -0.39 is 0 Å². The molecule has 3 atom stereocenters. The van der Waals surface area contributed by atoms with Crippen LogP contribution in [0.4, 0.5) is 4.79 Å². The SMILES string of the molecule is O=C1NCC(CN2C3CCC2CC(O)C3)O1. The number of nitrogens with zero attached hydrogens (tertiary/aromatic N) is 1. The standard InChI is InChI=1S/C11H18N2O3/c14-9-3-7-1-2-8(4-9)13(7)6-10-5-12-11(15)16-10/h7-10,14H,1-6H2,(H,12,15). The van der Waals surface area contributed by atoms with Crippen LogP contribution in [0.2, 0.25) is 0 Å². The number of piperidine rings is 1. The summed E-state index contributed by atoms with van der Waals surface area (Å²) in [5.41, 5.74) is 0. The Morgan fingerprint density at radius 2 is 2.06 bits per heavy atom. The van der Waals surface area contributed by atoms with E-state index in [1.54, 1.807) is 0 Å². The summed E-state index contributed by atoms with van der Waals surface area (Å²) >= 11 is 0. The van der Waals surface area contributed by atoms with Gasteiger partial charge in [0.15, 0.2) is 0 Å². The molecule has 5 heteroatoms. The van der Waals surface area contributed by atoms with Crippen molar-refractivity contribution < 1.29 is 14.6 Å². The van der Waals surface area contributed by atoms with Crippen molar-refractivity contribution in [3.05, 3.63) is 0 Å². The molecule has 90 valence electrons. The first-order valence-electron chi connectivity index (χ1n) is 6.10. The van der Waals surface area contributed by atoms with Crippen molar-refractivity contribution >= 4 is 6.09 Å². The fourth-order valence-corrected chi connectivity index (χ4v) is 3.31. The molecule has 3 aliphatic heterocycles. The van der Waals surface area contributed by atoms with Gasteiger partial charge in [0.05, 0.1) is 12.6 Å². The Morgan fingerprint density at radius 3 is 2.62 bits per heavy atom. The number of rotatable bonds is 2. The first-order chi connectivity index (χ1) is 7.72. The number of fused-ring (bicyclic) bond motifs is 2. The van der Waals surface area contributed by atoms with Gasteiger partial charge in [-0.2, -0.15) is 0 Å². The maximum Gasteiger partial charge on any atom is 0.407 e. The molecule has 3 fully saturated rings. The summed E-state index contributed by atoms with van der Waals surface area (Å²) in [5, 5.41) is 12.4. The Bertz CT molecular complexity index is 283. The zero-order valence-electron chi connectivity index (χ0n) is 9.26. The minimum Gasteiger partial charge on any atom is -0.443 e. The number of aliphatic hydroxyl groups is 1. The van der Waals surface area contributed by atoms with Crippen molar-refractivity contribution in [2.45, 2.75) is 50.0 Å². The largest absolute Gasteiger partial charge is 0.443 e. The molecule has 3 heterocycles. The fraction of sp³-hybridized carbons (Fsp3) is 0.909. The summed E-state index contributed by atoms with van der Waals surface area (Å²) in [4.78, 5) is 13.4. The lowest BCUT2D eigenvalue weighted by Crippen LogP contribution is -2.48. The van der Waals surface area contributed by atoms with Crippen LogP contribution in [-0.2, 0) is 4.74 Å². The maximum absolute atomic E-state index is 10.9. The normalized spacial score (nSPS) is 43.2. The molecule has 3 unspecified atom stereocenters. The van der Waals surface area contributed by atoms with E-state index >= 15 is 0 Å². The lowest BCUT2D eigenvalue weighted by Gasteiger charge is -2.37. The molecule has 0 aromatic heterocycles. The lowest BCUT2D eigenvalue weighted by molar-refractivity contribution is 0.0131. The molecule has 3 saturated heterocycles. The Labute approximate surface area is 94.8 Å². The second kappa shape index (κ2) is 3.89. The quantitative estimate of drug-likeness (QED) is 0.700. The van der Waals surface area contributed by atoms with Gasteiger partial charge in [-0.05, 0) is 25.7 Å². The van der Waals surface area contributed by atoms with Crippen LogP contribution in [0.3, 0.4) is 0 Å². The molecule has 0 aromatic rings. The average molecular weight is 226 g/mol. The van der Waals surface area contributed by atoms with Crippen LogP contribution in [0, 0.1) is 0 Å². The highest BCUT2D eigenvalue weighted by atomic mass is 16.6. The van der Waals surface area contributed by atoms with Crippen LogP contribution in [0.15, 0.2) is 0 Å². The van der Waals surface area contributed by atoms with E-state index in [1.807, 2.05) is 0 Å². The molecule has 16 heavy (non-hydrogen) atoms. The van der Waals surface area contributed by atoms with Crippen LogP contribution in [0.1, 0.15) is 25.7 Å². The van der Waals surface area contributed by atoms with Crippen LogP contribution >= 0.6 is 0 Å². The lowest BCUT2D eigenvalue weighted by atomic mass is 9.99. The third-order valence-electron chi connectivity index (χ3n) is 4.02. The van der Waals surface area contributed by atoms with Crippen LogP contribution in [0.25, 0.3) is 0 Å². The van der Waals surface area contributed by atoms with Gasteiger partial charge in [0.1, 0.15) is 6.10 Å². The van der Waals surface area contributed by atoms with Crippen LogP contribution in [-0.4, -0.2) is 53.5 Å². The number of carbonyl (C=O) groups is 1. The van der Waals surface area contributed by atoms with E-state index in [-0.39, 0.29) is 18.3 Å². The predicted octanol–water partition coefficient (Wildman–Crippen LogP) is 0.0825. The number of carbonyl (C=O) groups excluding carboxylic acids is 1. The number of ether oxygens (including phenoxy) is 1. The Hall–Kier alpha value is -0.810. The molecule has 3 aliphatic rings. The highest BCUT2D eigenvalue weighted by Crippen LogP contribution is 2.35. The fourth-order valence-electron chi connectivity index (χ4n) is 3.31. The van der Waals surface area contributed by atoms with Crippen molar-refractivity contribution in [3.63, 3.8) is 0 Å². The number of alkyl carbamates (subject to hydrolysis) is 1. The summed E-state index contributed by atoms with van der Waals surface area (Å²) in [6.45, 7) is 1.44. The number of cyclic esters (lactones) is 1. The second-order valence-electron chi connectivity index (χ2n) is 5.12. The minimum absolute atomic E-state index is 0.00848. The van der Waals surface area contributed by atoms with Gasteiger partial charge >= 0.3 is 6.09 Å². The number of aliphatic hydroxyl groups excluding tert-OH is 1. The molecule has 5 nitrogen and oxygen atoms in total. The van der Waals surface area contributed by atoms with Crippen LogP contribution in [0.5, 0.6) is 0 Å². The number of hydrogen-bond acceptors (Lipinski definition) is 4. The molecule has 0 aliphatic carbocycles. The van der Waals surface area contributed by atoms with Gasteiger partial charge < -0.3 is 15.2 Å². The Kier molecular flexibility index (Phi) is 2.52. The molecule has 0 saturated carbocycles. The zero-order valence-corrected chi connectivity index (χ0v) is 9.26. The van der Waals surface area contributed by atoms with Crippen LogP contribution < -0.4 is 5.32 Å². The van der Waals surface area contributed by atoms with Crippen molar-refractivity contribution in [1.82, 2.24) is 10.2 Å². The first kappa shape index (κ1) is 10.4. The van der Waals surface area contributed by atoms with E-state index in [9.17, 15) is 9.90 Å². The summed E-state index contributed by atoms with van der Waals surface area (Å²) in [6.07, 6.45) is 3.68. The van der Waals surface area contributed by atoms with E-state index in [0.29, 0.717) is 18.6 Å². The molecule has 0 aromatic carbocycles. The van der Waals surface area contributed by atoms with E-state index in [1.165, 1.54) is 12.8 Å². The smallest absolute Gasteiger partial charge is 0.407 e. The molecule has 0 radical (unpaired) electrons. The Morgan fingerprint density at radius 1 is 1.38 bits per heavy atom. The topological polar surface area (TPSA) is 61.8 Å². The highest BCUT2D eigenvalue weighted by Gasteiger charge is 2.41. The summed E-state index contributed by atoms with van der Waals surface area (Å²) in [7, 11) is 0. The molecule has 2 N–H and O–H groups in total. The zero-order chi connectivity index (χ0) is 11.1. The summed E-state index contributed by atoms with van der Waals surface area (Å²) in [5.74, 6) is 0. The molecular formula is C11H18N2O3. The van der Waals surface area contributed by atoms with Crippen molar-refractivity contribution in [3.8, 4) is 0 Å². The maximum atomic E-state index is 10.9.